The van der Waals surface area contributed by atoms with Gasteiger partial charge in [-0.25, -0.2) is 0 Å². The zero-order valence-electron chi connectivity index (χ0n) is 11.9. The Morgan fingerprint density at radius 2 is 1.76 bits per heavy atom. The number of benzene rings is 2. The first-order chi connectivity index (χ1) is 9.99. The van der Waals surface area contributed by atoms with E-state index in [9.17, 15) is 10.1 Å². The van der Waals surface area contributed by atoms with Crippen LogP contribution in [0.1, 0.15) is 22.3 Å². The average Bonchev–Trinajstić information content (AvgIpc) is 2.43. The van der Waals surface area contributed by atoms with Crippen LogP contribution in [-0.2, 0) is 12.5 Å². The van der Waals surface area contributed by atoms with Crippen LogP contribution in [0.2, 0.25) is 0 Å². The average molecular weight is 306 g/mol. The van der Waals surface area contributed by atoms with Crippen molar-refractivity contribution >= 4 is 17.3 Å². The number of ether oxygens (including phenoxy) is 1. The van der Waals surface area contributed by atoms with Crippen molar-refractivity contribution in [1.29, 1.82) is 0 Å². The molecular formula is C16H16ClNO3. The van der Waals surface area contributed by atoms with Crippen LogP contribution in [0.25, 0.3) is 0 Å². The van der Waals surface area contributed by atoms with Crippen LogP contribution in [-0.4, -0.2) is 4.92 Å². The summed E-state index contributed by atoms with van der Waals surface area (Å²) in [6, 6.07) is 10.9. The Bertz CT molecular complexity index is 650. The monoisotopic (exact) mass is 305 g/mol. The molecule has 0 amide bonds. The molecule has 0 saturated carbocycles. The molecule has 2 rings (SSSR count). The van der Waals surface area contributed by atoms with Crippen LogP contribution in [0.15, 0.2) is 36.4 Å². The molecule has 2 aromatic rings. The van der Waals surface area contributed by atoms with E-state index in [0.717, 1.165) is 16.7 Å². The Labute approximate surface area is 128 Å². The van der Waals surface area contributed by atoms with Crippen molar-refractivity contribution in [1.82, 2.24) is 0 Å². The molecule has 2 aromatic carbocycles. The second-order valence-electron chi connectivity index (χ2n) is 4.98. The molecule has 0 aliphatic carbocycles. The number of nitrogens with zero attached hydrogens (tertiary/aromatic N) is 1. The lowest BCUT2D eigenvalue weighted by atomic mass is 10.1. The maximum Gasteiger partial charge on any atom is 0.311 e. The van der Waals surface area contributed by atoms with E-state index in [0.29, 0.717) is 12.2 Å². The highest BCUT2D eigenvalue weighted by molar-refractivity contribution is 6.17. The predicted molar refractivity (Wildman–Crippen MR) is 82.9 cm³/mol. The first kappa shape index (κ1) is 15.3. The summed E-state index contributed by atoms with van der Waals surface area (Å²) in [6.45, 7) is 4.31. The van der Waals surface area contributed by atoms with E-state index < -0.39 is 4.92 Å². The molecule has 0 radical (unpaired) electrons. The maximum atomic E-state index is 11.1. The lowest BCUT2D eigenvalue weighted by Gasteiger charge is -2.09. The normalized spacial score (nSPS) is 10.4. The van der Waals surface area contributed by atoms with E-state index in [1.165, 1.54) is 6.07 Å². The molecule has 5 heteroatoms. The Kier molecular flexibility index (Phi) is 4.81. The summed E-state index contributed by atoms with van der Waals surface area (Å²) in [7, 11) is 0. The van der Waals surface area contributed by atoms with Crippen LogP contribution >= 0.6 is 11.6 Å². The van der Waals surface area contributed by atoms with E-state index in [1.807, 2.05) is 26.0 Å². The minimum atomic E-state index is -0.452. The van der Waals surface area contributed by atoms with Gasteiger partial charge in [0.1, 0.15) is 6.61 Å². The van der Waals surface area contributed by atoms with Gasteiger partial charge in [0, 0.05) is 11.9 Å². The third-order valence-corrected chi connectivity index (χ3v) is 3.36. The summed E-state index contributed by atoms with van der Waals surface area (Å²) in [5.74, 6) is 0.492. The summed E-state index contributed by atoms with van der Waals surface area (Å²) in [6.07, 6.45) is 0. The Hall–Kier alpha value is -2.07. The Morgan fingerprint density at radius 1 is 1.10 bits per heavy atom. The van der Waals surface area contributed by atoms with Crippen molar-refractivity contribution in [3.63, 3.8) is 0 Å². The highest BCUT2D eigenvalue weighted by Crippen LogP contribution is 2.29. The second-order valence-corrected chi connectivity index (χ2v) is 5.24. The molecular weight excluding hydrogens is 290 g/mol. The number of nitro benzene ring substituents is 1. The standard InChI is InChI=1S/C16H16ClNO3/c1-11-5-12(2)7-14(6-11)10-21-16-4-3-13(9-17)8-15(16)18(19)20/h3-8H,9-10H2,1-2H3. The van der Waals surface area contributed by atoms with Gasteiger partial charge < -0.3 is 4.74 Å². The Balaban J connectivity index is 2.21. The van der Waals surface area contributed by atoms with Gasteiger partial charge in [-0.05, 0) is 31.0 Å². The zero-order valence-corrected chi connectivity index (χ0v) is 12.7. The summed E-state index contributed by atoms with van der Waals surface area (Å²) >= 11 is 5.70. The first-order valence-electron chi connectivity index (χ1n) is 6.53. The topological polar surface area (TPSA) is 52.4 Å². The smallest absolute Gasteiger partial charge is 0.311 e. The third-order valence-electron chi connectivity index (χ3n) is 3.05. The van der Waals surface area contributed by atoms with E-state index in [-0.39, 0.29) is 17.3 Å². The van der Waals surface area contributed by atoms with Gasteiger partial charge in [0.25, 0.3) is 0 Å². The third kappa shape index (κ3) is 3.95. The highest BCUT2D eigenvalue weighted by atomic mass is 35.5. The SMILES string of the molecule is Cc1cc(C)cc(COc2ccc(CCl)cc2[N+](=O)[O-])c1. The molecule has 0 heterocycles. The van der Waals surface area contributed by atoms with Gasteiger partial charge in [-0.3, -0.25) is 10.1 Å². The van der Waals surface area contributed by atoms with E-state index >= 15 is 0 Å². The van der Waals surface area contributed by atoms with Crippen LogP contribution < -0.4 is 4.74 Å². The van der Waals surface area contributed by atoms with E-state index in [4.69, 9.17) is 16.3 Å². The molecule has 21 heavy (non-hydrogen) atoms. The van der Waals surface area contributed by atoms with Crippen molar-refractivity contribution in [3.8, 4) is 5.75 Å². The predicted octanol–water partition coefficient (Wildman–Crippen LogP) is 4.53. The lowest BCUT2D eigenvalue weighted by Crippen LogP contribution is -2.00. The van der Waals surface area contributed by atoms with Gasteiger partial charge in [-0.15, -0.1) is 11.6 Å². The van der Waals surface area contributed by atoms with E-state index in [1.54, 1.807) is 12.1 Å². The molecule has 0 N–H and O–H groups in total. The van der Waals surface area contributed by atoms with Gasteiger partial charge >= 0.3 is 5.69 Å². The van der Waals surface area contributed by atoms with Gasteiger partial charge in [0.15, 0.2) is 5.75 Å². The molecule has 0 fully saturated rings. The molecule has 0 bridgehead atoms. The molecule has 0 spiro atoms. The number of halogens is 1. The van der Waals surface area contributed by atoms with Gasteiger partial charge in [-0.1, -0.05) is 35.4 Å². The molecule has 0 atom stereocenters. The number of rotatable bonds is 5. The molecule has 110 valence electrons. The molecule has 0 unspecified atom stereocenters. The largest absolute Gasteiger partial charge is 0.482 e. The summed E-state index contributed by atoms with van der Waals surface area (Å²) in [4.78, 5) is 10.6. The number of hydrogen-bond acceptors (Lipinski definition) is 3. The highest BCUT2D eigenvalue weighted by Gasteiger charge is 2.16. The number of nitro groups is 1. The van der Waals surface area contributed by atoms with Gasteiger partial charge in [-0.2, -0.15) is 0 Å². The van der Waals surface area contributed by atoms with Crippen molar-refractivity contribution in [2.75, 3.05) is 0 Å². The zero-order chi connectivity index (χ0) is 15.4. The van der Waals surface area contributed by atoms with Crippen molar-refractivity contribution in [2.24, 2.45) is 0 Å². The summed E-state index contributed by atoms with van der Waals surface area (Å²) in [5.41, 5.74) is 3.91. The second kappa shape index (κ2) is 6.59. The molecule has 0 saturated heterocycles. The molecule has 0 aromatic heterocycles. The van der Waals surface area contributed by atoms with Crippen molar-refractivity contribution < 1.29 is 9.66 Å². The summed E-state index contributed by atoms with van der Waals surface area (Å²) in [5, 5.41) is 11.1. The fraction of sp³-hybridized carbons (Fsp3) is 0.250. The maximum absolute atomic E-state index is 11.1. The minimum Gasteiger partial charge on any atom is -0.482 e. The van der Waals surface area contributed by atoms with Crippen LogP contribution in [0.4, 0.5) is 5.69 Å². The fourth-order valence-corrected chi connectivity index (χ4v) is 2.39. The fourth-order valence-electron chi connectivity index (χ4n) is 2.22. The summed E-state index contributed by atoms with van der Waals surface area (Å²) < 4.78 is 5.61. The molecule has 0 aliphatic rings. The van der Waals surface area contributed by atoms with Crippen LogP contribution in [0, 0.1) is 24.0 Å². The van der Waals surface area contributed by atoms with Gasteiger partial charge in [0.2, 0.25) is 0 Å². The quantitative estimate of drug-likeness (QED) is 0.463. The number of aryl methyl sites for hydroxylation is 2. The Morgan fingerprint density at radius 3 is 2.33 bits per heavy atom. The lowest BCUT2D eigenvalue weighted by molar-refractivity contribution is -0.386. The molecule has 0 aliphatic heterocycles. The van der Waals surface area contributed by atoms with E-state index in [2.05, 4.69) is 6.07 Å². The van der Waals surface area contributed by atoms with Crippen molar-refractivity contribution in [3.05, 3.63) is 68.8 Å². The van der Waals surface area contributed by atoms with Crippen molar-refractivity contribution in [2.45, 2.75) is 26.3 Å². The first-order valence-corrected chi connectivity index (χ1v) is 7.06. The van der Waals surface area contributed by atoms with Crippen LogP contribution in [0.5, 0.6) is 5.75 Å². The van der Waals surface area contributed by atoms with Crippen LogP contribution in [0.3, 0.4) is 0 Å². The number of alkyl halides is 1. The minimum absolute atomic E-state index is 0.0578. The number of hydrogen-bond donors (Lipinski definition) is 0. The molecule has 4 nitrogen and oxygen atoms in total. The van der Waals surface area contributed by atoms with Gasteiger partial charge in [0.05, 0.1) is 4.92 Å².